The van der Waals surface area contributed by atoms with Crippen molar-refractivity contribution in [1.82, 2.24) is 39.0 Å². The first-order valence-corrected chi connectivity index (χ1v) is 28.6. The number of phosphoric acid groups is 1. The summed E-state index contributed by atoms with van der Waals surface area (Å²) < 4.78 is 70.2. The number of fused-ring (bicyclic) bond motifs is 2. The number of nitriles is 1. The fourth-order valence-electron chi connectivity index (χ4n) is 9.99. The molecule has 6 heterocycles. The second-order valence-electron chi connectivity index (χ2n) is 21.6. The fraction of sp³-hybridized carbons (Fsp3) is 0.373. The summed E-state index contributed by atoms with van der Waals surface area (Å²) in [5, 5.41) is 27.1. The highest BCUT2D eigenvalue weighted by Gasteiger charge is 2.49. The van der Waals surface area contributed by atoms with Crippen LogP contribution in [0, 0.1) is 22.7 Å². The minimum Gasteiger partial charge on any atom is -0.497 e. The lowest BCUT2D eigenvalue weighted by atomic mass is 9.80. The zero-order chi connectivity index (χ0) is 59.3. The van der Waals surface area contributed by atoms with Crippen LogP contribution in [0.2, 0.25) is 0 Å². The van der Waals surface area contributed by atoms with Crippen LogP contribution < -0.4 is 25.7 Å². The fourth-order valence-corrected chi connectivity index (χ4v) is 11.7. The number of anilines is 2. The number of ether oxygens (including phenoxy) is 5. The van der Waals surface area contributed by atoms with Gasteiger partial charge in [-0.25, -0.2) is 24.5 Å². The van der Waals surface area contributed by atoms with E-state index in [1.54, 1.807) is 63.0 Å². The molecule has 10 rings (SSSR count). The largest absolute Gasteiger partial charge is 0.497 e. The van der Waals surface area contributed by atoms with Gasteiger partial charge in [-0.3, -0.25) is 47.4 Å². The lowest BCUT2D eigenvalue weighted by Gasteiger charge is -2.37. The molecule has 2 unspecified atom stereocenters. The van der Waals surface area contributed by atoms with Crippen molar-refractivity contribution in [2.75, 3.05) is 38.1 Å². The highest BCUT2D eigenvalue weighted by molar-refractivity contribution is 7.48. The molecule has 0 saturated carbocycles. The summed E-state index contributed by atoms with van der Waals surface area (Å²) in [5.41, 5.74) is 0.395. The van der Waals surface area contributed by atoms with E-state index in [-0.39, 0.29) is 65.9 Å². The minimum absolute atomic E-state index is 0.0385. The van der Waals surface area contributed by atoms with E-state index in [2.05, 4.69) is 46.6 Å². The number of nitrogens with one attached hydrogen (secondary N) is 3. The smallest absolute Gasteiger partial charge is 0.475 e. The van der Waals surface area contributed by atoms with Crippen molar-refractivity contribution in [3.05, 3.63) is 161 Å². The van der Waals surface area contributed by atoms with Gasteiger partial charge in [-0.15, -0.1) is 0 Å². The van der Waals surface area contributed by atoms with E-state index < -0.39 is 85.8 Å². The molecular weight excluding hydrogens is 1100 g/mol. The molecule has 438 valence electrons. The Balaban J connectivity index is 1.01. The third-order valence-electron chi connectivity index (χ3n) is 14.6. The number of benzene rings is 4. The van der Waals surface area contributed by atoms with Gasteiger partial charge in [0, 0.05) is 24.3 Å². The number of aliphatic hydroxyl groups is 1. The van der Waals surface area contributed by atoms with Crippen LogP contribution in [0.15, 0.2) is 133 Å². The number of hydrogen-bond donors (Lipinski definition) is 4. The van der Waals surface area contributed by atoms with Gasteiger partial charge >= 0.3 is 7.82 Å². The molecule has 84 heavy (non-hydrogen) atoms. The van der Waals surface area contributed by atoms with E-state index in [0.717, 1.165) is 5.56 Å². The predicted molar refractivity (Wildman–Crippen MR) is 306 cm³/mol. The van der Waals surface area contributed by atoms with Gasteiger partial charge in [-0.05, 0) is 58.5 Å². The topological polar surface area (TPSA) is 300 Å². The van der Waals surface area contributed by atoms with Gasteiger partial charge < -0.3 is 34.1 Å². The quantitative estimate of drug-likeness (QED) is 0.0364. The number of rotatable bonds is 22. The second-order valence-corrected chi connectivity index (χ2v) is 23.1. The first-order valence-electron chi connectivity index (χ1n) is 27.2. The first kappa shape index (κ1) is 58.9. The molecule has 0 aliphatic carbocycles. The summed E-state index contributed by atoms with van der Waals surface area (Å²) in [6, 6.07) is 35.4. The molecule has 8 atom stereocenters. The Labute approximate surface area is 483 Å². The van der Waals surface area contributed by atoms with E-state index in [1.807, 2.05) is 99.6 Å². The number of H-pyrrole nitrogens is 1. The van der Waals surface area contributed by atoms with Crippen LogP contribution in [0.5, 0.6) is 11.5 Å². The number of aromatic amines is 1. The van der Waals surface area contributed by atoms with Gasteiger partial charge in [0.2, 0.25) is 11.9 Å². The number of hydrogen-bond acceptors (Lipinski definition) is 19. The normalized spacial score (nSPS) is 20.1. The third-order valence-corrected chi connectivity index (χ3v) is 16.1. The van der Waals surface area contributed by atoms with E-state index in [9.17, 15) is 24.8 Å². The number of amides is 2. The van der Waals surface area contributed by atoms with E-state index in [1.165, 1.54) is 23.5 Å². The molecule has 4 N–H and O–H groups in total. The summed E-state index contributed by atoms with van der Waals surface area (Å²) in [6.45, 7) is 8.04. The van der Waals surface area contributed by atoms with Gasteiger partial charge in [0.1, 0.15) is 54.2 Å². The first-order chi connectivity index (χ1) is 40.4. The van der Waals surface area contributed by atoms with Crippen LogP contribution in [0.1, 0.15) is 93.4 Å². The molecule has 0 spiro atoms. The van der Waals surface area contributed by atoms with Gasteiger partial charge in [-0.2, -0.15) is 10.2 Å². The van der Waals surface area contributed by atoms with Crippen LogP contribution in [-0.4, -0.2) is 114 Å². The monoisotopic (exact) mass is 1170 g/mol. The SMILES string of the molecule is COc1ccc(C(OC[C@H]2O[C@@H](n3cnc4c(NC(=O)c5ccccc5)ncnc43)C[C@@H]2OP(=O)(OC[C@H]2O[C@@H](n3cnc4c(=O)[nH]c(NC(=O)C(C)C)nc43)C[C@@H]2O)OC(CC#N)C(C)(C)C)(c2ccccc2)c2ccc(OC)cc2)cc1. The lowest BCUT2D eigenvalue weighted by Crippen LogP contribution is -2.39. The maximum absolute atomic E-state index is 15.9. The maximum atomic E-state index is 15.9. The number of carbonyl (C=O) groups is 2. The van der Waals surface area contributed by atoms with Crippen LogP contribution in [0.3, 0.4) is 0 Å². The van der Waals surface area contributed by atoms with E-state index in [0.29, 0.717) is 28.2 Å². The standard InChI is InChI=1S/C59H64N11O13P/c1-35(2)54(72)67-57-66-53-50(56(74)68-57)64-34-70(53)47-28-42(71)44(80-47)31-79-84(75,83-46(26-27-60)58(3,4)5)82-43-29-48(69-33-63-49-51(61-32-62-52(49)69)65-55(73)36-14-10-8-11-15-36)81-45(43)30-78-59(37-16-12-9-13-17-37,38-18-22-40(76-6)23-19-38)39-20-24-41(77-7)25-21-39/h8-25,32-35,42-48,71H,26,28-31H2,1-7H3,(H,61,62,65,73)(H2,66,67,68,72,74)/t42-,43-,44+,45+,46?,47+,48+,84?/m0/s1. The number of methoxy groups -OCH3 is 2. The number of aliphatic hydroxyl groups excluding tert-OH is 1. The summed E-state index contributed by atoms with van der Waals surface area (Å²) in [7, 11) is -1.74. The molecule has 2 saturated heterocycles. The summed E-state index contributed by atoms with van der Waals surface area (Å²) >= 11 is 0. The molecule has 4 aromatic heterocycles. The molecule has 8 aromatic rings. The summed E-state index contributed by atoms with van der Waals surface area (Å²) in [6.07, 6.45) is -3.80. The Hall–Kier alpha value is -8.24. The molecule has 4 aromatic carbocycles. The van der Waals surface area contributed by atoms with Crippen molar-refractivity contribution in [2.24, 2.45) is 11.3 Å². The molecule has 0 bridgehead atoms. The van der Waals surface area contributed by atoms with Crippen molar-refractivity contribution >= 4 is 53.7 Å². The highest BCUT2D eigenvalue weighted by Crippen LogP contribution is 2.57. The van der Waals surface area contributed by atoms with Gasteiger partial charge in [0.25, 0.3) is 11.5 Å². The second kappa shape index (κ2) is 24.9. The Bertz CT molecular complexity index is 3710. The minimum atomic E-state index is -4.90. The molecule has 25 heteroatoms. The zero-order valence-electron chi connectivity index (χ0n) is 47.1. The summed E-state index contributed by atoms with van der Waals surface area (Å²) in [4.78, 5) is 63.8. The molecule has 24 nitrogen and oxygen atoms in total. The maximum Gasteiger partial charge on any atom is 0.475 e. The Morgan fingerprint density at radius 1 is 0.786 bits per heavy atom. The Morgan fingerprint density at radius 2 is 1.38 bits per heavy atom. The van der Waals surface area contributed by atoms with E-state index >= 15 is 4.57 Å². The number of aromatic nitrogens is 8. The highest BCUT2D eigenvalue weighted by atomic mass is 31.2. The predicted octanol–water partition coefficient (Wildman–Crippen LogP) is 8.62. The molecule has 2 amide bonds. The number of carbonyl (C=O) groups excluding carboxylic acids is 2. The third kappa shape index (κ3) is 12.5. The summed E-state index contributed by atoms with van der Waals surface area (Å²) in [5.74, 6) is 0.0650. The van der Waals surface area contributed by atoms with Gasteiger partial charge in [0.15, 0.2) is 28.1 Å². The molecule has 2 aliphatic heterocycles. The number of nitrogens with zero attached hydrogens (tertiary/aromatic N) is 8. The number of imidazole rings is 2. The van der Waals surface area contributed by atoms with Crippen molar-refractivity contribution in [2.45, 2.75) is 102 Å². The van der Waals surface area contributed by atoms with Crippen LogP contribution in [0.25, 0.3) is 22.3 Å². The molecule has 2 aliphatic rings. The average molecular weight is 1170 g/mol. The van der Waals surface area contributed by atoms with Gasteiger partial charge in [-0.1, -0.05) is 107 Å². The molecule has 0 radical (unpaired) electrons. The van der Waals surface area contributed by atoms with Gasteiger partial charge in [0.05, 0.1) is 64.8 Å². The van der Waals surface area contributed by atoms with E-state index in [4.69, 9.17) is 37.3 Å². The van der Waals surface area contributed by atoms with Crippen LogP contribution in [-0.2, 0) is 42.7 Å². The van der Waals surface area contributed by atoms with Crippen LogP contribution >= 0.6 is 7.82 Å². The molecule has 2 fully saturated rings. The van der Waals surface area contributed by atoms with Crippen molar-refractivity contribution in [3.8, 4) is 17.6 Å². The lowest BCUT2D eigenvalue weighted by molar-refractivity contribution is -0.118. The van der Waals surface area contributed by atoms with Crippen molar-refractivity contribution in [1.29, 1.82) is 5.26 Å². The van der Waals surface area contributed by atoms with Crippen molar-refractivity contribution < 1.29 is 56.5 Å². The zero-order valence-corrected chi connectivity index (χ0v) is 48.0. The molecular formula is C59H64N11O13P. The Morgan fingerprint density at radius 3 is 2.00 bits per heavy atom. The Kier molecular flexibility index (Phi) is 17.5. The van der Waals surface area contributed by atoms with Crippen LogP contribution in [0.4, 0.5) is 11.8 Å². The average Bonchev–Trinajstić information content (AvgIpc) is 1.44. The number of phosphoric ester groups is 1. The van der Waals surface area contributed by atoms with Crippen molar-refractivity contribution in [3.63, 3.8) is 0 Å².